The van der Waals surface area contributed by atoms with Crippen molar-refractivity contribution in [3.05, 3.63) is 35.1 Å². The van der Waals surface area contributed by atoms with Gasteiger partial charge >= 0.3 is 0 Å². The highest BCUT2D eigenvalue weighted by molar-refractivity contribution is 5.98. The number of amides is 1. The van der Waals surface area contributed by atoms with Gasteiger partial charge in [0.25, 0.3) is 5.91 Å². The number of benzene rings is 1. The van der Waals surface area contributed by atoms with E-state index in [9.17, 15) is 9.18 Å². The Balaban J connectivity index is 2.49. The van der Waals surface area contributed by atoms with Crippen LogP contribution < -0.4 is 5.43 Å². The Morgan fingerprint density at radius 1 is 1.54 bits per heavy atom. The fourth-order valence-electron chi connectivity index (χ4n) is 1.48. The molecule has 1 amide bonds. The van der Waals surface area contributed by atoms with Crippen LogP contribution in [0.5, 0.6) is 0 Å². The fraction of sp³-hybridized carbons (Fsp3) is 0.222. The minimum absolute atomic E-state index is 0.169. The van der Waals surface area contributed by atoms with Crippen molar-refractivity contribution in [2.45, 2.75) is 6.54 Å². The molecule has 13 heavy (non-hydrogen) atoms. The van der Waals surface area contributed by atoms with Gasteiger partial charge in [-0.25, -0.2) is 9.82 Å². The zero-order chi connectivity index (χ0) is 9.42. The normalized spacial score (nSPS) is 14.9. The van der Waals surface area contributed by atoms with Crippen LogP contribution in [-0.4, -0.2) is 18.0 Å². The third-order valence-corrected chi connectivity index (χ3v) is 2.18. The Labute approximate surface area is 75.1 Å². The van der Waals surface area contributed by atoms with E-state index in [1.165, 1.54) is 11.1 Å². The summed E-state index contributed by atoms with van der Waals surface area (Å²) in [5.41, 5.74) is 3.63. The molecular weight excluding hydrogens is 171 g/mol. The Kier molecular flexibility index (Phi) is 1.77. The Bertz CT molecular complexity index is 365. The van der Waals surface area contributed by atoms with Crippen LogP contribution in [0.25, 0.3) is 0 Å². The second kappa shape index (κ2) is 2.81. The molecule has 0 saturated heterocycles. The van der Waals surface area contributed by atoms with Crippen molar-refractivity contribution in [2.24, 2.45) is 0 Å². The van der Waals surface area contributed by atoms with Gasteiger partial charge in [0.05, 0.1) is 6.54 Å². The number of fused-ring (bicyclic) bond motifs is 1. The summed E-state index contributed by atoms with van der Waals surface area (Å²) in [6, 6.07) is 4.55. The summed E-state index contributed by atoms with van der Waals surface area (Å²) in [7, 11) is 1.64. The molecule has 3 nitrogen and oxygen atoms in total. The van der Waals surface area contributed by atoms with Gasteiger partial charge in [0, 0.05) is 18.2 Å². The lowest BCUT2D eigenvalue weighted by Crippen LogP contribution is -2.34. The van der Waals surface area contributed by atoms with Crippen LogP contribution in [0.3, 0.4) is 0 Å². The SMILES string of the molecule is CNN1Cc2c(F)cccc2C1=O. The molecule has 0 aliphatic carbocycles. The minimum atomic E-state index is -0.316. The third kappa shape index (κ3) is 1.10. The zero-order valence-electron chi connectivity index (χ0n) is 7.17. The van der Waals surface area contributed by atoms with Crippen LogP contribution in [0, 0.1) is 5.82 Å². The third-order valence-electron chi connectivity index (χ3n) is 2.18. The molecule has 0 bridgehead atoms. The molecule has 1 N–H and O–H groups in total. The maximum Gasteiger partial charge on any atom is 0.268 e. The van der Waals surface area contributed by atoms with Gasteiger partial charge in [-0.15, -0.1) is 0 Å². The van der Waals surface area contributed by atoms with E-state index in [1.54, 1.807) is 19.2 Å². The number of hydrazine groups is 1. The molecule has 0 atom stereocenters. The number of nitrogens with zero attached hydrogens (tertiary/aromatic N) is 1. The first-order valence-electron chi connectivity index (χ1n) is 4.00. The summed E-state index contributed by atoms with van der Waals surface area (Å²) in [5.74, 6) is -0.486. The van der Waals surface area contributed by atoms with E-state index in [0.29, 0.717) is 17.7 Å². The molecule has 0 spiro atoms. The van der Waals surface area contributed by atoms with Crippen LogP contribution >= 0.6 is 0 Å². The molecule has 68 valence electrons. The molecule has 1 aromatic carbocycles. The quantitative estimate of drug-likeness (QED) is 0.696. The fourth-order valence-corrected chi connectivity index (χ4v) is 1.48. The van der Waals surface area contributed by atoms with Crippen molar-refractivity contribution in [3.8, 4) is 0 Å². The first-order chi connectivity index (χ1) is 6.24. The molecule has 1 heterocycles. The summed E-state index contributed by atoms with van der Waals surface area (Å²) in [5, 5.41) is 1.38. The van der Waals surface area contributed by atoms with Crippen LogP contribution in [0.15, 0.2) is 18.2 Å². The minimum Gasteiger partial charge on any atom is -0.270 e. The van der Waals surface area contributed by atoms with Crippen molar-refractivity contribution in [1.29, 1.82) is 0 Å². The predicted octanol–water partition coefficient (Wildman–Crippen LogP) is 0.916. The Hall–Kier alpha value is -1.42. The highest BCUT2D eigenvalue weighted by Crippen LogP contribution is 2.23. The van der Waals surface area contributed by atoms with Gasteiger partial charge in [-0.2, -0.15) is 0 Å². The van der Waals surface area contributed by atoms with Crippen LogP contribution in [0.4, 0.5) is 4.39 Å². The summed E-state index contributed by atoms with van der Waals surface area (Å²) in [4.78, 5) is 11.5. The number of hydrogen-bond donors (Lipinski definition) is 1. The van der Waals surface area contributed by atoms with E-state index in [1.807, 2.05) is 0 Å². The first-order valence-corrected chi connectivity index (χ1v) is 4.00. The van der Waals surface area contributed by atoms with Gasteiger partial charge in [0.1, 0.15) is 5.82 Å². The highest BCUT2D eigenvalue weighted by Gasteiger charge is 2.28. The van der Waals surface area contributed by atoms with Crippen LogP contribution in [0.2, 0.25) is 0 Å². The number of rotatable bonds is 1. The van der Waals surface area contributed by atoms with E-state index >= 15 is 0 Å². The molecule has 0 unspecified atom stereocenters. The lowest BCUT2D eigenvalue weighted by Gasteiger charge is -2.12. The molecule has 1 aromatic rings. The van der Waals surface area contributed by atoms with Crippen molar-refractivity contribution in [1.82, 2.24) is 10.4 Å². The highest BCUT2D eigenvalue weighted by atomic mass is 19.1. The molecular formula is C9H9FN2O. The van der Waals surface area contributed by atoms with Gasteiger partial charge < -0.3 is 0 Å². The van der Waals surface area contributed by atoms with Gasteiger partial charge in [0.2, 0.25) is 0 Å². The van der Waals surface area contributed by atoms with Gasteiger partial charge in [-0.3, -0.25) is 9.80 Å². The maximum absolute atomic E-state index is 13.2. The average molecular weight is 180 g/mol. The molecule has 2 rings (SSSR count). The van der Waals surface area contributed by atoms with Crippen molar-refractivity contribution < 1.29 is 9.18 Å². The van der Waals surface area contributed by atoms with Gasteiger partial charge in [0.15, 0.2) is 0 Å². The summed E-state index contributed by atoms with van der Waals surface area (Å²) in [6.07, 6.45) is 0. The maximum atomic E-state index is 13.2. The topological polar surface area (TPSA) is 32.3 Å². The molecule has 0 aromatic heterocycles. The largest absolute Gasteiger partial charge is 0.270 e. The molecule has 1 aliphatic heterocycles. The van der Waals surface area contributed by atoms with Crippen molar-refractivity contribution >= 4 is 5.91 Å². The second-order valence-electron chi connectivity index (χ2n) is 2.88. The Morgan fingerprint density at radius 2 is 2.31 bits per heavy atom. The van der Waals surface area contributed by atoms with Crippen molar-refractivity contribution in [3.63, 3.8) is 0 Å². The average Bonchev–Trinajstić information content (AvgIpc) is 2.45. The number of carbonyl (C=O) groups is 1. The number of halogens is 1. The molecule has 1 aliphatic rings. The van der Waals surface area contributed by atoms with Gasteiger partial charge in [-0.1, -0.05) is 6.07 Å². The summed E-state index contributed by atoms with van der Waals surface area (Å²) in [6.45, 7) is 0.303. The van der Waals surface area contributed by atoms with E-state index in [-0.39, 0.29) is 11.7 Å². The Morgan fingerprint density at radius 3 is 2.92 bits per heavy atom. The zero-order valence-corrected chi connectivity index (χ0v) is 7.17. The van der Waals surface area contributed by atoms with Crippen molar-refractivity contribution in [2.75, 3.05) is 7.05 Å². The van der Waals surface area contributed by atoms with Crippen LogP contribution in [-0.2, 0) is 6.54 Å². The predicted molar refractivity (Wildman–Crippen MR) is 45.3 cm³/mol. The number of carbonyl (C=O) groups excluding carboxylic acids is 1. The standard InChI is InChI=1S/C9H9FN2O/c1-11-12-5-7-6(9(12)13)3-2-4-8(7)10/h2-4,11H,5H2,1H3. The molecule has 4 heteroatoms. The molecule has 0 radical (unpaired) electrons. The molecule has 0 saturated carbocycles. The second-order valence-corrected chi connectivity index (χ2v) is 2.88. The number of nitrogens with one attached hydrogen (secondary N) is 1. The van der Waals surface area contributed by atoms with E-state index in [2.05, 4.69) is 5.43 Å². The molecule has 0 fully saturated rings. The van der Waals surface area contributed by atoms with Crippen LogP contribution in [0.1, 0.15) is 15.9 Å². The lowest BCUT2D eigenvalue weighted by atomic mass is 10.1. The van der Waals surface area contributed by atoms with E-state index in [4.69, 9.17) is 0 Å². The monoisotopic (exact) mass is 180 g/mol. The number of hydrogen-bond acceptors (Lipinski definition) is 2. The first kappa shape index (κ1) is 8.19. The lowest BCUT2D eigenvalue weighted by molar-refractivity contribution is 0.0706. The smallest absolute Gasteiger partial charge is 0.268 e. The van der Waals surface area contributed by atoms with E-state index in [0.717, 1.165) is 0 Å². The summed E-state index contributed by atoms with van der Waals surface area (Å²) >= 11 is 0. The summed E-state index contributed by atoms with van der Waals surface area (Å²) < 4.78 is 13.2. The van der Waals surface area contributed by atoms with E-state index < -0.39 is 0 Å². The van der Waals surface area contributed by atoms with Gasteiger partial charge in [-0.05, 0) is 12.1 Å².